The first-order chi connectivity index (χ1) is 17.9. The molecule has 3 aliphatic rings. The van der Waals surface area contributed by atoms with E-state index in [9.17, 15) is 14.4 Å². The minimum atomic E-state index is -1.15. The summed E-state index contributed by atoms with van der Waals surface area (Å²) in [6, 6.07) is 21.3. The van der Waals surface area contributed by atoms with Gasteiger partial charge >= 0.3 is 0 Å². The van der Waals surface area contributed by atoms with Gasteiger partial charge in [-0.05, 0) is 36.2 Å². The number of hydrogen-bond donors (Lipinski definition) is 1. The van der Waals surface area contributed by atoms with Crippen LogP contribution in [0.15, 0.2) is 77.6 Å². The van der Waals surface area contributed by atoms with E-state index in [0.717, 1.165) is 5.56 Å². The van der Waals surface area contributed by atoms with E-state index < -0.39 is 17.4 Å². The van der Waals surface area contributed by atoms with Crippen molar-refractivity contribution < 1.29 is 9.59 Å². The van der Waals surface area contributed by atoms with Crippen LogP contribution in [-0.4, -0.2) is 27.4 Å². The molecule has 8 heteroatoms. The third kappa shape index (κ3) is 2.70. The van der Waals surface area contributed by atoms with E-state index in [2.05, 4.69) is 5.32 Å². The Bertz CT molecular complexity index is 1710. The van der Waals surface area contributed by atoms with Gasteiger partial charge in [-0.25, -0.2) is 9.88 Å². The van der Waals surface area contributed by atoms with E-state index in [1.807, 2.05) is 50.2 Å². The van der Waals surface area contributed by atoms with E-state index in [1.54, 1.807) is 41.0 Å². The molecule has 184 valence electrons. The van der Waals surface area contributed by atoms with Crippen LogP contribution in [0.5, 0.6) is 0 Å². The molecule has 1 N–H and O–H groups in total. The molecule has 2 fully saturated rings. The van der Waals surface area contributed by atoms with Crippen molar-refractivity contribution in [1.82, 2.24) is 14.9 Å². The Morgan fingerprint density at radius 3 is 2.32 bits per heavy atom. The summed E-state index contributed by atoms with van der Waals surface area (Å²) in [7, 11) is 0. The van der Waals surface area contributed by atoms with Crippen LogP contribution in [0.3, 0.4) is 0 Å². The van der Waals surface area contributed by atoms with E-state index >= 15 is 0 Å². The fraction of sp³-hybridized carbons (Fsp3) is 0.241. The van der Waals surface area contributed by atoms with Crippen molar-refractivity contribution >= 4 is 40.0 Å². The fourth-order valence-electron chi connectivity index (χ4n) is 6.59. The number of imide groups is 1. The summed E-state index contributed by atoms with van der Waals surface area (Å²) >= 11 is 6.47. The first kappa shape index (κ1) is 22.4. The molecule has 4 atom stereocenters. The summed E-state index contributed by atoms with van der Waals surface area (Å²) in [5, 5.41) is 4.53. The van der Waals surface area contributed by atoms with Gasteiger partial charge in [-0.3, -0.25) is 24.3 Å². The average molecular weight is 511 g/mol. The Morgan fingerprint density at radius 1 is 0.892 bits per heavy atom. The lowest BCUT2D eigenvalue weighted by Gasteiger charge is -2.32. The van der Waals surface area contributed by atoms with Crippen LogP contribution >= 0.6 is 11.6 Å². The molecule has 0 aliphatic carbocycles. The Labute approximate surface area is 217 Å². The molecule has 7 rings (SSSR count). The first-order valence-electron chi connectivity index (χ1n) is 12.4. The minimum absolute atomic E-state index is 0.0308. The molecular weight excluding hydrogens is 488 g/mol. The van der Waals surface area contributed by atoms with Crippen molar-refractivity contribution in [2.45, 2.75) is 25.4 Å². The second-order valence-electron chi connectivity index (χ2n) is 10.3. The van der Waals surface area contributed by atoms with Gasteiger partial charge in [0.05, 0.1) is 39.1 Å². The van der Waals surface area contributed by atoms with Crippen LogP contribution in [-0.2, 0) is 15.1 Å². The Balaban J connectivity index is 1.55. The van der Waals surface area contributed by atoms with Crippen LogP contribution in [0.4, 0.5) is 5.69 Å². The van der Waals surface area contributed by atoms with Crippen molar-refractivity contribution in [3.05, 3.63) is 99.6 Å². The maximum atomic E-state index is 14.3. The molecule has 1 spiro atoms. The molecule has 0 unspecified atom stereocenters. The van der Waals surface area contributed by atoms with Gasteiger partial charge in [-0.1, -0.05) is 67.9 Å². The van der Waals surface area contributed by atoms with Crippen LogP contribution in [0, 0.1) is 17.8 Å². The number of benzene rings is 3. The highest BCUT2D eigenvalue weighted by Gasteiger charge is 2.70. The Morgan fingerprint density at radius 2 is 1.57 bits per heavy atom. The lowest BCUT2D eigenvalue weighted by atomic mass is 9.75. The normalized spacial score (nSPS) is 25.8. The maximum Gasteiger partial charge on any atom is 0.266 e. The summed E-state index contributed by atoms with van der Waals surface area (Å²) in [5.74, 6) is -1.60. The second kappa shape index (κ2) is 7.60. The van der Waals surface area contributed by atoms with E-state index in [0.29, 0.717) is 33.1 Å². The van der Waals surface area contributed by atoms with E-state index in [-0.39, 0.29) is 29.3 Å². The van der Waals surface area contributed by atoms with Gasteiger partial charge in [0.1, 0.15) is 11.4 Å². The third-order valence-corrected chi connectivity index (χ3v) is 8.43. The number of rotatable bonds is 2. The minimum Gasteiger partial charge on any atom is -0.296 e. The summed E-state index contributed by atoms with van der Waals surface area (Å²) in [6.45, 7) is 4.07. The van der Waals surface area contributed by atoms with Crippen molar-refractivity contribution in [3.63, 3.8) is 0 Å². The number of nitrogens with zero attached hydrogens (tertiary/aromatic N) is 3. The monoisotopic (exact) mass is 510 g/mol. The molecule has 3 aromatic carbocycles. The molecule has 1 aromatic heterocycles. The first-order valence-corrected chi connectivity index (χ1v) is 12.8. The third-order valence-electron chi connectivity index (χ3n) is 8.11. The smallest absolute Gasteiger partial charge is 0.266 e. The number of carbonyl (C=O) groups excluding carboxylic acids is 2. The number of para-hydroxylation sites is 3. The number of aromatic nitrogens is 2. The molecule has 37 heavy (non-hydrogen) atoms. The number of halogens is 1. The van der Waals surface area contributed by atoms with Gasteiger partial charge in [-0.2, -0.15) is 0 Å². The highest BCUT2D eigenvalue weighted by Crippen LogP contribution is 2.56. The number of hydrogen-bond acceptors (Lipinski definition) is 5. The van der Waals surface area contributed by atoms with Crippen molar-refractivity contribution in [2.24, 2.45) is 17.8 Å². The standard InChI is InChI=1S/C29H23ClN4O3/c1-15(2)24-22-23(27(37)33(26(22)36)21-14-8-5-11-18(21)30)29(32-24)17-10-4-7-13-20(17)34-25(35)16-9-3-6-12-19(16)31-28(29)34/h3-15,22-24,32H,1-2H3/t22-,23-,24-,29-/m1/s1. The molecule has 7 nitrogen and oxygen atoms in total. The van der Waals surface area contributed by atoms with Gasteiger partial charge in [0.25, 0.3) is 5.56 Å². The highest BCUT2D eigenvalue weighted by atomic mass is 35.5. The summed E-state index contributed by atoms with van der Waals surface area (Å²) in [4.78, 5) is 48.4. The second-order valence-corrected chi connectivity index (χ2v) is 10.7. The zero-order valence-electron chi connectivity index (χ0n) is 20.2. The maximum absolute atomic E-state index is 14.3. The van der Waals surface area contributed by atoms with Gasteiger partial charge in [0.2, 0.25) is 11.8 Å². The Hall–Kier alpha value is -3.81. The molecule has 4 aromatic rings. The average Bonchev–Trinajstić information content (AvgIpc) is 3.49. The zero-order chi connectivity index (χ0) is 25.6. The number of anilines is 1. The predicted molar refractivity (Wildman–Crippen MR) is 141 cm³/mol. The van der Waals surface area contributed by atoms with Gasteiger partial charge in [0, 0.05) is 11.6 Å². The molecule has 0 radical (unpaired) electrons. The molecule has 0 bridgehead atoms. The largest absolute Gasteiger partial charge is 0.296 e. The SMILES string of the molecule is CC(C)[C@H]1N[C@]2(c3ccccc3-n3c2nc2ccccc2c3=O)[C@H]2C(=O)N(c3ccccc3Cl)C(=O)[C@@H]12. The molecule has 2 amide bonds. The van der Waals surface area contributed by atoms with Crippen LogP contribution in [0.1, 0.15) is 25.2 Å². The van der Waals surface area contributed by atoms with Crippen molar-refractivity contribution in [3.8, 4) is 5.69 Å². The summed E-state index contributed by atoms with van der Waals surface area (Å²) < 4.78 is 1.61. The van der Waals surface area contributed by atoms with Crippen LogP contribution in [0.2, 0.25) is 5.02 Å². The quantitative estimate of drug-likeness (QED) is 0.412. The van der Waals surface area contributed by atoms with E-state index in [1.165, 1.54) is 4.90 Å². The summed E-state index contributed by atoms with van der Waals surface area (Å²) in [5.41, 5.74) is 1.03. The summed E-state index contributed by atoms with van der Waals surface area (Å²) in [6.07, 6.45) is 0. The van der Waals surface area contributed by atoms with Gasteiger partial charge < -0.3 is 0 Å². The highest BCUT2D eigenvalue weighted by molar-refractivity contribution is 6.36. The topological polar surface area (TPSA) is 84.3 Å². The van der Waals surface area contributed by atoms with Crippen LogP contribution in [0.25, 0.3) is 16.6 Å². The van der Waals surface area contributed by atoms with Crippen molar-refractivity contribution in [1.29, 1.82) is 0 Å². The number of fused-ring (bicyclic) bond motifs is 8. The van der Waals surface area contributed by atoms with Crippen LogP contribution < -0.4 is 15.8 Å². The van der Waals surface area contributed by atoms with E-state index in [4.69, 9.17) is 16.6 Å². The number of amides is 2. The van der Waals surface area contributed by atoms with Gasteiger partial charge in [-0.15, -0.1) is 0 Å². The number of carbonyl (C=O) groups is 2. The van der Waals surface area contributed by atoms with Gasteiger partial charge in [0.15, 0.2) is 0 Å². The molecule has 3 aliphatic heterocycles. The van der Waals surface area contributed by atoms with Crippen molar-refractivity contribution in [2.75, 3.05) is 4.90 Å². The fourth-order valence-corrected chi connectivity index (χ4v) is 6.82. The predicted octanol–water partition coefficient (Wildman–Crippen LogP) is 4.03. The zero-order valence-corrected chi connectivity index (χ0v) is 20.9. The molecular formula is C29H23ClN4O3. The molecule has 2 saturated heterocycles. The number of nitrogens with one attached hydrogen (secondary N) is 1. The lowest BCUT2D eigenvalue weighted by Crippen LogP contribution is -2.51. The molecule has 4 heterocycles. The Kier molecular flexibility index (Phi) is 4.60. The molecule has 0 saturated carbocycles. The lowest BCUT2D eigenvalue weighted by molar-refractivity contribution is -0.123.